The lowest BCUT2D eigenvalue weighted by Gasteiger charge is -2.21. The molecule has 1 aliphatic carbocycles. The van der Waals surface area contributed by atoms with Crippen LogP contribution in [-0.2, 0) is 0 Å². The molecule has 1 fully saturated rings. The fraction of sp³-hybridized carbons (Fsp3) is 0.500. The van der Waals surface area contributed by atoms with E-state index in [4.69, 9.17) is 0 Å². The minimum absolute atomic E-state index is 0.0389. The summed E-state index contributed by atoms with van der Waals surface area (Å²) < 4.78 is 1.79. The molecule has 0 radical (unpaired) electrons. The van der Waals surface area contributed by atoms with Gasteiger partial charge in [-0.3, -0.25) is 4.79 Å². The van der Waals surface area contributed by atoms with Crippen LogP contribution in [0.25, 0.3) is 5.82 Å². The molecule has 122 valence electrons. The van der Waals surface area contributed by atoms with Crippen molar-refractivity contribution in [3.05, 3.63) is 41.3 Å². The Balaban J connectivity index is 1.62. The normalized spacial score (nSPS) is 15.6. The van der Waals surface area contributed by atoms with Gasteiger partial charge in [0.15, 0.2) is 5.82 Å². The highest BCUT2D eigenvalue weighted by Crippen LogP contribution is 2.22. The van der Waals surface area contributed by atoms with Gasteiger partial charge < -0.3 is 5.32 Å². The molecule has 0 aliphatic heterocycles. The van der Waals surface area contributed by atoms with E-state index < -0.39 is 0 Å². The predicted octanol–water partition coefficient (Wildman–Crippen LogP) is 3.19. The van der Waals surface area contributed by atoms with Crippen LogP contribution in [0.1, 0.15) is 53.8 Å². The molecule has 2 aromatic rings. The number of pyridine rings is 1. The van der Waals surface area contributed by atoms with Gasteiger partial charge in [0, 0.05) is 18.4 Å². The molecule has 0 atom stereocenters. The van der Waals surface area contributed by atoms with Crippen molar-refractivity contribution in [3.8, 4) is 5.82 Å². The molecular weight excluding hydrogens is 288 g/mol. The van der Waals surface area contributed by atoms with Crippen LogP contribution in [0.15, 0.2) is 24.4 Å². The number of nitrogens with one attached hydrogen (secondary N) is 1. The van der Waals surface area contributed by atoms with Gasteiger partial charge in [0.05, 0.1) is 11.3 Å². The van der Waals surface area contributed by atoms with Crippen molar-refractivity contribution >= 4 is 5.91 Å². The van der Waals surface area contributed by atoms with Gasteiger partial charge in [-0.15, -0.1) is 0 Å². The molecular formula is C18H24N4O. The van der Waals surface area contributed by atoms with Crippen LogP contribution < -0.4 is 5.32 Å². The molecule has 0 saturated heterocycles. The van der Waals surface area contributed by atoms with Gasteiger partial charge in [-0.25, -0.2) is 9.67 Å². The first-order valence-electron chi connectivity index (χ1n) is 8.41. The molecule has 1 saturated carbocycles. The first-order chi connectivity index (χ1) is 11.1. The van der Waals surface area contributed by atoms with Crippen molar-refractivity contribution < 1.29 is 4.79 Å². The van der Waals surface area contributed by atoms with E-state index in [9.17, 15) is 4.79 Å². The molecule has 0 bridgehead atoms. The highest BCUT2D eigenvalue weighted by molar-refractivity contribution is 5.93. The Bertz CT molecular complexity index is 669. The Labute approximate surface area is 137 Å². The Kier molecular flexibility index (Phi) is 4.74. The minimum atomic E-state index is -0.0389. The van der Waals surface area contributed by atoms with Crippen molar-refractivity contribution in [3.63, 3.8) is 0 Å². The van der Waals surface area contributed by atoms with E-state index in [1.54, 1.807) is 10.9 Å². The second-order valence-corrected chi connectivity index (χ2v) is 6.46. The van der Waals surface area contributed by atoms with Gasteiger partial charge in [-0.1, -0.05) is 19.3 Å². The zero-order valence-corrected chi connectivity index (χ0v) is 13.9. The van der Waals surface area contributed by atoms with Crippen molar-refractivity contribution in [1.29, 1.82) is 0 Å². The first-order valence-corrected chi connectivity index (χ1v) is 8.41. The highest BCUT2D eigenvalue weighted by Gasteiger charge is 2.15. The van der Waals surface area contributed by atoms with Crippen LogP contribution in [-0.4, -0.2) is 27.2 Å². The number of amides is 1. The minimum Gasteiger partial charge on any atom is -0.352 e. The standard InChI is InChI=1S/C18H24N4O/c1-13-10-14(2)22(21-13)17-9-8-16(12-19-17)18(23)20-11-15-6-4-3-5-7-15/h8-10,12,15H,3-7,11H2,1-2H3,(H,20,23). The van der Waals surface area contributed by atoms with E-state index in [1.165, 1.54) is 32.1 Å². The fourth-order valence-corrected chi connectivity index (χ4v) is 3.24. The molecule has 1 amide bonds. The van der Waals surface area contributed by atoms with Crippen molar-refractivity contribution in [2.75, 3.05) is 6.54 Å². The van der Waals surface area contributed by atoms with Crippen LogP contribution in [0, 0.1) is 19.8 Å². The summed E-state index contributed by atoms with van der Waals surface area (Å²) in [5.74, 6) is 1.33. The summed E-state index contributed by atoms with van der Waals surface area (Å²) in [5, 5.41) is 7.45. The zero-order chi connectivity index (χ0) is 16.2. The van der Waals surface area contributed by atoms with Crippen LogP contribution in [0.3, 0.4) is 0 Å². The molecule has 1 aliphatic rings. The maximum atomic E-state index is 12.2. The number of carbonyl (C=O) groups is 1. The maximum Gasteiger partial charge on any atom is 0.252 e. The third-order valence-corrected chi connectivity index (χ3v) is 4.51. The van der Waals surface area contributed by atoms with E-state index >= 15 is 0 Å². The predicted molar refractivity (Wildman–Crippen MR) is 89.7 cm³/mol. The average Bonchev–Trinajstić information content (AvgIpc) is 2.92. The number of hydrogen-bond donors (Lipinski definition) is 1. The Morgan fingerprint density at radius 1 is 1.26 bits per heavy atom. The quantitative estimate of drug-likeness (QED) is 0.943. The first kappa shape index (κ1) is 15.7. The maximum absolute atomic E-state index is 12.2. The summed E-state index contributed by atoms with van der Waals surface area (Å²) >= 11 is 0. The van der Waals surface area contributed by atoms with Gasteiger partial charge in [0.2, 0.25) is 0 Å². The topological polar surface area (TPSA) is 59.8 Å². The third-order valence-electron chi connectivity index (χ3n) is 4.51. The fourth-order valence-electron chi connectivity index (χ4n) is 3.24. The van der Waals surface area contributed by atoms with Gasteiger partial charge >= 0.3 is 0 Å². The lowest BCUT2D eigenvalue weighted by Crippen LogP contribution is -2.30. The van der Waals surface area contributed by atoms with E-state index in [0.29, 0.717) is 11.5 Å². The van der Waals surface area contributed by atoms with Gasteiger partial charge in [0.25, 0.3) is 5.91 Å². The Morgan fingerprint density at radius 3 is 2.65 bits per heavy atom. The number of aromatic nitrogens is 3. The number of hydrogen-bond acceptors (Lipinski definition) is 3. The smallest absolute Gasteiger partial charge is 0.252 e. The molecule has 0 aromatic carbocycles. The van der Waals surface area contributed by atoms with Gasteiger partial charge in [-0.2, -0.15) is 5.10 Å². The van der Waals surface area contributed by atoms with Crippen molar-refractivity contribution in [1.82, 2.24) is 20.1 Å². The lowest BCUT2D eigenvalue weighted by atomic mass is 9.89. The second kappa shape index (κ2) is 6.94. The third kappa shape index (κ3) is 3.78. The van der Waals surface area contributed by atoms with E-state index in [0.717, 1.165) is 23.8 Å². The van der Waals surface area contributed by atoms with Crippen LogP contribution in [0.2, 0.25) is 0 Å². The Morgan fingerprint density at radius 2 is 2.04 bits per heavy atom. The molecule has 0 unspecified atom stereocenters. The highest BCUT2D eigenvalue weighted by atomic mass is 16.1. The number of aryl methyl sites for hydroxylation is 2. The van der Waals surface area contributed by atoms with Gasteiger partial charge in [0.1, 0.15) is 0 Å². The molecule has 0 spiro atoms. The molecule has 5 nitrogen and oxygen atoms in total. The lowest BCUT2D eigenvalue weighted by molar-refractivity contribution is 0.0943. The number of carbonyl (C=O) groups excluding carboxylic acids is 1. The van der Waals surface area contributed by atoms with Crippen molar-refractivity contribution in [2.45, 2.75) is 46.0 Å². The van der Waals surface area contributed by atoms with E-state index in [1.807, 2.05) is 32.0 Å². The van der Waals surface area contributed by atoms with Crippen LogP contribution in [0.5, 0.6) is 0 Å². The molecule has 2 aromatic heterocycles. The number of rotatable bonds is 4. The van der Waals surface area contributed by atoms with Crippen LogP contribution >= 0.6 is 0 Å². The van der Waals surface area contributed by atoms with Gasteiger partial charge in [-0.05, 0) is 50.8 Å². The SMILES string of the molecule is Cc1cc(C)n(-c2ccc(C(=O)NCC3CCCCC3)cn2)n1. The van der Waals surface area contributed by atoms with Crippen molar-refractivity contribution in [2.24, 2.45) is 5.92 Å². The van der Waals surface area contributed by atoms with Crippen LogP contribution in [0.4, 0.5) is 0 Å². The molecule has 23 heavy (non-hydrogen) atoms. The summed E-state index contributed by atoms with van der Waals surface area (Å²) in [5.41, 5.74) is 2.59. The summed E-state index contributed by atoms with van der Waals surface area (Å²) in [6, 6.07) is 5.66. The molecule has 3 rings (SSSR count). The monoisotopic (exact) mass is 312 g/mol. The molecule has 2 heterocycles. The zero-order valence-electron chi connectivity index (χ0n) is 13.9. The van der Waals surface area contributed by atoms with E-state index in [2.05, 4.69) is 15.4 Å². The summed E-state index contributed by atoms with van der Waals surface area (Å²) in [6.45, 7) is 4.72. The average molecular weight is 312 g/mol. The second-order valence-electron chi connectivity index (χ2n) is 6.46. The summed E-state index contributed by atoms with van der Waals surface area (Å²) in [6.07, 6.45) is 8.01. The molecule has 1 N–H and O–H groups in total. The number of nitrogens with zero attached hydrogens (tertiary/aromatic N) is 3. The Hall–Kier alpha value is -2.17. The summed E-state index contributed by atoms with van der Waals surface area (Å²) in [4.78, 5) is 16.6. The largest absolute Gasteiger partial charge is 0.352 e. The summed E-state index contributed by atoms with van der Waals surface area (Å²) in [7, 11) is 0. The molecule has 5 heteroatoms. The van der Waals surface area contributed by atoms with E-state index in [-0.39, 0.29) is 5.91 Å².